The molecule has 0 saturated heterocycles. The number of carboxylic acids is 1. The zero-order valence-electron chi connectivity index (χ0n) is 11.3. The van der Waals surface area contributed by atoms with Gasteiger partial charge in [0.1, 0.15) is 0 Å². The maximum absolute atomic E-state index is 12.0. The van der Waals surface area contributed by atoms with Gasteiger partial charge in [-0.05, 0) is 31.0 Å². The molecule has 2 rings (SSSR count). The standard InChI is InChI=1S/C17H16O3/c1-12-3-2-4-13(11-12)5-10-16(18)14-6-8-15(9-7-14)17(19)20/h2-4,6-9,11H,5,10H2,1H3,(H,19,20). The molecule has 20 heavy (non-hydrogen) atoms. The van der Waals surface area contributed by atoms with Gasteiger partial charge in [-0.15, -0.1) is 0 Å². The summed E-state index contributed by atoms with van der Waals surface area (Å²) in [5, 5.41) is 8.81. The molecule has 0 aliphatic heterocycles. The van der Waals surface area contributed by atoms with E-state index >= 15 is 0 Å². The number of hydrogen-bond acceptors (Lipinski definition) is 2. The van der Waals surface area contributed by atoms with Gasteiger partial charge in [0, 0.05) is 12.0 Å². The van der Waals surface area contributed by atoms with E-state index in [1.165, 1.54) is 17.7 Å². The van der Waals surface area contributed by atoms with E-state index < -0.39 is 5.97 Å². The summed E-state index contributed by atoms with van der Waals surface area (Å²) in [5.74, 6) is -0.952. The van der Waals surface area contributed by atoms with Crippen molar-refractivity contribution >= 4 is 11.8 Å². The first-order chi connectivity index (χ1) is 9.56. The molecule has 0 saturated carbocycles. The molecule has 2 aromatic carbocycles. The Labute approximate surface area is 117 Å². The SMILES string of the molecule is Cc1cccc(CCC(=O)c2ccc(C(=O)O)cc2)c1. The molecule has 0 radical (unpaired) electrons. The number of carbonyl (C=O) groups is 2. The molecule has 0 heterocycles. The van der Waals surface area contributed by atoms with Gasteiger partial charge in [0.25, 0.3) is 0 Å². The van der Waals surface area contributed by atoms with Gasteiger partial charge in [0.15, 0.2) is 5.78 Å². The molecule has 2 aromatic rings. The van der Waals surface area contributed by atoms with Gasteiger partial charge in [-0.1, -0.05) is 42.0 Å². The summed E-state index contributed by atoms with van der Waals surface area (Å²) >= 11 is 0. The van der Waals surface area contributed by atoms with Gasteiger partial charge in [-0.2, -0.15) is 0 Å². The Morgan fingerprint density at radius 3 is 2.25 bits per heavy atom. The van der Waals surface area contributed by atoms with Crippen LogP contribution in [0.15, 0.2) is 48.5 Å². The topological polar surface area (TPSA) is 54.4 Å². The third-order valence-corrected chi connectivity index (χ3v) is 3.18. The molecule has 0 amide bonds. The van der Waals surface area contributed by atoms with Crippen molar-refractivity contribution in [1.29, 1.82) is 0 Å². The minimum absolute atomic E-state index is 0.0310. The normalized spacial score (nSPS) is 10.2. The number of rotatable bonds is 5. The van der Waals surface area contributed by atoms with E-state index in [9.17, 15) is 9.59 Å². The molecule has 0 aliphatic carbocycles. The van der Waals surface area contributed by atoms with Crippen LogP contribution in [0, 0.1) is 6.92 Å². The number of aromatic carboxylic acids is 1. The molecule has 0 aliphatic rings. The second-order valence-electron chi connectivity index (χ2n) is 4.79. The Morgan fingerprint density at radius 1 is 1.00 bits per heavy atom. The molecule has 0 aromatic heterocycles. The van der Waals surface area contributed by atoms with Gasteiger partial charge in [0.05, 0.1) is 5.56 Å². The molecular weight excluding hydrogens is 252 g/mol. The number of carboxylic acid groups (broad SMARTS) is 1. The van der Waals surface area contributed by atoms with Crippen molar-refractivity contribution in [3.05, 3.63) is 70.8 Å². The lowest BCUT2D eigenvalue weighted by Crippen LogP contribution is -2.03. The lowest BCUT2D eigenvalue weighted by atomic mass is 10.0. The van der Waals surface area contributed by atoms with Crippen molar-refractivity contribution in [2.45, 2.75) is 19.8 Å². The zero-order valence-corrected chi connectivity index (χ0v) is 11.3. The van der Waals surface area contributed by atoms with E-state index in [0.29, 0.717) is 18.4 Å². The van der Waals surface area contributed by atoms with Crippen LogP contribution in [0.5, 0.6) is 0 Å². The summed E-state index contributed by atoms with van der Waals surface area (Å²) in [6.45, 7) is 2.02. The first kappa shape index (κ1) is 14.0. The first-order valence-electron chi connectivity index (χ1n) is 6.48. The Hall–Kier alpha value is -2.42. The monoisotopic (exact) mass is 268 g/mol. The van der Waals surface area contributed by atoms with Crippen molar-refractivity contribution in [1.82, 2.24) is 0 Å². The Kier molecular flexibility index (Phi) is 4.31. The quantitative estimate of drug-likeness (QED) is 0.844. The Bertz CT molecular complexity index is 627. The maximum Gasteiger partial charge on any atom is 0.335 e. The second kappa shape index (κ2) is 6.15. The lowest BCUT2D eigenvalue weighted by molar-refractivity contribution is 0.0696. The highest BCUT2D eigenvalue weighted by atomic mass is 16.4. The molecule has 0 bridgehead atoms. The fourth-order valence-electron chi connectivity index (χ4n) is 2.07. The molecule has 1 N–H and O–H groups in total. The molecule has 0 spiro atoms. The molecular formula is C17H16O3. The van der Waals surface area contributed by atoms with Crippen LogP contribution in [0.3, 0.4) is 0 Å². The van der Waals surface area contributed by atoms with E-state index in [-0.39, 0.29) is 11.3 Å². The smallest absolute Gasteiger partial charge is 0.335 e. The van der Waals surface area contributed by atoms with Crippen LogP contribution in [0.2, 0.25) is 0 Å². The maximum atomic E-state index is 12.0. The fraction of sp³-hybridized carbons (Fsp3) is 0.176. The van der Waals surface area contributed by atoms with Gasteiger partial charge in [-0.25, -0.2) is 4.79 Å². The van der Waals surface area contributed by atoms with Crippen molar-refractivity contribution in [2.75, 3.05) is 0 Å². The average molecular weight is 268 g/mol. The summed E-state index contributed by atoms with van der Waals surface area (Å²) in [6, 6.07) is 14.1. The van der Waals surface area contributed by atoms with E-state index in [2.05, 4.69) is 6.07 Å². The first-order valence-corrected chi connectivity index (χ1v) is 6.48. The van der Waals surface area contributed by atoms with Gasteiger partial charge in [0.2, 0.25) is 0 Å². The fourth-order valence-corrected chi connectivity index (χ4v) is 2.07. The highest BCUT2D eigenvalue weighted by Gasteiger charge is 2.08. The summed E-state index contributed by atoms with van der Waals surface area (Å²) in [4.78, 5) is 22.8. The third kappa shape index (κ3) is 3.54. The average Bonchev–Trinajstić information content (AvgIpc) is 2.45. The molecule has 0 unspecified atom stereocenters. The van der Waals surface area contributed by atoms with Crippen LogP contribution in [-0.2, 0) is 6.42 Å². The van der Waals surface area contributed by atoms with Crippen molar-refractivity contribution < 1.29 is 14.7 Å². The largest absolute Gasteiger partial charge is 0.478 e. The predicted molar refractivity (Wildman–Crippen MR) is 77.2 cm³/mol. The highest BCUT2D eigenvalue weighted by Crippen LogP contribution is 2.11. The Balaban J connectivity index is 1.99. The molecule has 3 nitrogen and oxygen atoms in total. The second-order valence-corrected chi connectivity index (χ2v) is 4.79. The molecule has 102 valence electrons. The summed E-state index contributed by atoms with van der Waals surface area (Å²) in [6.07, 6.45) is 1.12. The lowest BCUT2D eigenvalue weighted by Gasteiger charge is -2.03. The number of ketones is 1. The Morgan fingerprint density at radius 2 is 1.65 bits per heavy atom. The van der Waals surface area contributed by atoms with E-state index in [0.717, 1.165) is 5.56 Å². The highest BCUT2D eigenvalue weighted by molar-refractivity contribution is 5.97. The van der Waals surface area contributed by atoms with Crippen LogP contribution < -0.4 is 0 Å². The van der Waals surface area contributed by atoms with Crippen molar-refractivity contribution in [3.63, 3.8) is 0 Å². The third-order valence-electron chi connectivity index (χ3n) is 3.18. The number of benzene rings is 2. The number of aryl methyl sites for hydroxylation is 2. The number of Topliss-reactive ketones (excluding diaryl/α,β-unsaturated/α-hetero) is 1. The predicted octanol–water partition coefficient (Wildman–Crippen LogP) is 3.51. The van der Waals surface area contributed by atoms with E-state index in [1.807, 2.05) is 25.1 Å². The van der Waals surface area contributed by atoms with Crippen molar-refractivity contribution in [3.8, 4) is 0 Å². The summed E-state index contributed by atoms with van der Waals surface area (Å²) < 4.78 is 0. The molecule has 0 atom stereocenters. The van der Waals surface area contributed by atoms with Crippen LogP contribution in [0.25, 0.3) is 0 Å². The van der Waals surface area contributed by atoms with Gasteiger partial charge >= 0.3 is 5.97 Å². The van der Waals surface area contributed by atoms with Crippen LogP contribution in [-0.4, -0.2) is 16.9 Å². The summed E-state index contributed by atoms with van der Waals surface area (Å²) in [5.41, 5.74) is 3.07. The minimum Gasteiger partial charge on any atom is -0.478 e. The van der Waals surface area contributed by atoms with Crippen LogP contribution in [0.1, 0.15) is 38.3 Å². The van der Waals surface area contributed by atoms with Gasteiger partial charge < -0.3 is 5.11 Å². The number of hydrogen-bond donors (Lipinski definition) is 1. The molecule has 3 heteroatoms. The van der Waals surface area contributed by atoms with Crippen LogP contribution >= 0.6 is 0 Å². The number of carbonyl (C=O) groups excluding carboxylic acids is 1. The van der Waals surface area contributed by atoms with E-state index in [1.54, 1.807) is 12.1 Å². The van der Waals surface area contributed by atoms with E-state index in [4.69, 9.17) is 5.11 Å². The van der Waals surface area contributed by atoms with Crippen LogP contribution in [0.4, 0.5) is 0 Å². The zero-order chi connectivity index (χ0) is 14.5. The summed E-state index contributed by atoms with van der Waals surface area (Å²) in [7, 11) is 0. The van der Waals surface area contributed by atoms with Gasteiger partial charge in [-0.3, -0.25) is 4.79 Å². The molecule has 0 fully saturated rings. The van der Waals surface area contributed by atoms with Crippen molar-refractivity contribution in [2.24, 2.45) is 0 Å². The minimum atomic E-state index is -0.983.